The zero-order valence-electron chi connectivity index (χ0n) is 11.5. The highest BCUT2D eigenvalue weighted by molar-refractivity contribution is 14.1. The smallest absolute Gasteiger partial charge is 0.264 e. The molecule has 0 spiro atoms. The molecule has 0 amide bonds. The lowest BCUT2D eigenvalue weighted by Gasteiger charge is -2.19. The van der Waals surface area contributed by atoms with Crippen LogP contribution in [-0.4, -0.2) is 9.97 Å². The van der Waals surface area contributed by atoms with Crippen LogP contribution in [0.3, 0.4) is 0 Å². The van der Waals surface area contributed by atoms with Gasteiger partial charge >= 0.3 is 0 Å². The Labute approximate surface area is 126 Å². The summed E-state index contributed by atoms with van der Waals surface area (Å²) in [6.07, 6.45) is 0. The highest BCUT2D eigenvalue weighted by Gasteiger charge is 2.22. The number of hydrogen-bond acceptors (Lipinski definition) is 2. The molecule has 1 heterocycles. The van der Waals surface area contributed by atoms with Crippen LogP contribution in [0.25, 0.3) is 11.4 Å². The maximum absolute atomic E-state index is 12.0. The molecule has 100 valence electrons. The van der Waals surface area contributed by atoms with E-state index in [1.54, 1.807) is 0 Å². The number of rotatable bonds is 1. The van der Waals surface area contributed by atoms with E-state index in [9.17, 15) is 4.79 Å². The number of H-pyrrole nitrogens is 1. The van der Waals surface area contributed by atoms with Crippen LogP contribution in [0.4, 0.5) is 0 Å². The van der Waals surface area contributed by atoms with Gasteiger partial charge in [-0.15, -0.1) is 0 Å². The molecular weight excluding hydrogens is 351 g/mol. The van der Waals surface area contributed by atoms with Crippen molar-refractivity contribution in [2.24, 2.45) is 0 Å². The van der Waals surface area contributed by atoms with Crippen molar-refractivity contribution in [3.63, 3.8) is 0 Å². The molecule has 3 nitrogen and oxygen atoms in total. The van der Waals surface area contributed by atoms with Crippen LogP contribution in [0.5, 0.6) is 0 Å². The van der Waals surface area contributed by atoms with Crippen molar-refractivity contribution in [3.8, 4) is 11.4 Å². The fourth-order valence-corrected chi connectivity index (χ4v) is 2.87. The Bertz CT molecular complexity index is 651. The van der Waals surface area contributed by atoms with E-state index in [0.29, 0.717) is 9.39 Å². The van der Waals surface area contributed by atoms with E-state index in [4.69, 9.17) is 0 Å². The van der Waals surface area contributed by atoms with Gasteiger partial charge in [0.1, 0.15) is 9.39 Å². The van der Waals surface area contributed by atoms with Gasteiger partial charge in [-0.1, -0.05) is 50.6 Å². The van der Waals surface area contributed by atoms with Crippen molar-refractivity contribution in [1.29, 1.82) is 0 Å². The van der Waals surface area contributed by atoms with E-state index in [0.717, 1.165) is 11.3 Å². The quantitative estimate of drug-likeness (QED) is 0.782. The summed E-state index contributed by atoms with van der Waals surface area (Å²) in [4.78, 5) is 19.5. The molecule has 0 fully saturated rings. The normalized spacial score (nSPS) is 11.6. The summed E-state index contributed by atoms with van der Waals surface area (Å²) in [6.45, 7) is 8.23. The van der Waals surface area contributed by atoms with Crippen molar-refractivity contribution >= 4 is 22.6 Å². The largest absolute Gasteiger partial charge is 0.306 e. The summed E-state index contributed by atoms with van der Waals surface area (Å²) in [6, 6.07) is 7.99. The maximum atomic E-state index is 12.0. The average molecular weight is 368 g/mol. The zero-order valence-corrected chi connectivity index (χ0v) is 13.7. The van der Waals surface area contributed by atoms with Gasteiger partial charge in [0, 0.05) is 11.0 Å². The number of aryl methyl sites for hydroxylation is 1. The van der Waals surface area contributed by atoms with E-state index in [1.807, 2.05) is 31.2 Å². The molecule has 0 aliphatic rings. The Kier molecular flexibility index (Phi) is 3.80. The van der Waals surface area contributed by atoms with Crippen molar-refractivity contribution in [1.82, 2.24) is 9.97 Å². The van der Waals surface area contributed by atoms with Gasteiger partial charge in [-0.3, -0.25) is 4.79 Å². The Balaban J connectivity index is 2.63. The van der Waals surface area contributed by atoms with Crippen LogP contribution in [0.1, 0.15) is 32.0 Å². The van der Waals surface area contributed by atoms with E-state index in [2.05, 4.69) is 53.3 Å². The summed E-state index contributed by atoms with van der Waals surface area (Å²) in [5, 5.41) is 0. The minimum Gasteiger partial charge on any atom is -0.306 e. The maximum Gasteiger partial charge on any atom is 0.264 e. The number of benzene rings is 1. The topological polar surface area (TPSA) is 45.8 Å². The molecule has 1 N–H and O–H groups in total. The van der Waals surface area contributed by atoms with Gasteiger partial charge in [0.2, 0.25) is 0 Å². The monoisotopic (exact) mass is 368 g/mol. The zero-order chi connectivity index (χ0) is 14.2. The Morgan fingerprint density at radius 1 is 1.16 bits per heavy atom. The number of nitrogens with one attached hydrogen (secondary N) is 1. The average Bonchev–Trinajstić information content (AvgIpc) is 2.32. The molecule has 0 radical (unpaired) electrons. The first kappa shape index (κ1) is 14.2. The fourth-order valence-electron chi connectivity index (χ4n) is 1.80. The molecule has 0 atom stereocenters. The second kappa shape index (κ2) is 5.07. The summed E-state index contributed by atoms with van der Waals surface area (Å²) in [5.74, 6) is 0.635. The Hall–Kier alpha value is -1.17. The standard InChI is InChI=1S/C15H17IN2O/c1-9-5-7-10(8-6-9)13-17-12(15(2,3)4)11(16)14(19)18-13/h5-8H,1-4H3,(H,17,18,19). The third-order valence-corrected chi connectivity index (χ3v) is 3.90. The van der Waals surface area contributed by atoms with Gasteiger partial charge in [-0.25, -0.2) is 4.98 Å². The van der Waals surface area contributed by atoms with Crippen LogP contribution in [0.15, 0.2) is 29.1 Å². The van der Waals surface area contributed by atoms with Gasteiger partial charge in [-0.05, 0) is 29.5 Å². The molecule has 0 unspecified atom stereocenters. The van der Waals surface area contributed by atoms with Crippen molar-refractivity contribution < 1.29 is 0 Å². The fraction of sp³-hybridized carbons (Fsp3) is 0.333. The number of aromatic nitrogens is 2. The lowest BCUT2D eigenvalue weighted by Crippen LogP contribution is -2.24. The molecule has 0 aliphatic carbocycles. The first-order valence-corrected chi connectivity index (χ1v) is 7.24. The number of aromatic amines is 1. The van der Waals surface area contributed by atoms with Gasteiger partial charge in [0.05, 0.1) is 5.69 Å². The highest BCUT2D eigenvalue weighted by atomic mass is 127. The van der Waals surface area contributed by atoms with E-state index < -0.39 is 0 Å². The van der Waals surface area contributed by atoms with E-state index in [-0.39, 0.29) is 11.0 Å². The summed E-state index contributed by atoms with van der Waals surface area (Å²) >= 11 is 2.07. The van der Waals surface area contributed by atoms with Crippen LogP contribution in [0.2, 0.25) is 0 Å². The van der Waals surface area contributed by atoms with Crippen molar-refractivity contribution in [2.45, 2.75) is 33.1 Å². The molecule has 1 aromatic heterocycles. The minimum atomic E-state index is -0.149. The van der Waals surface area contributed by atoms with Crippen LogP contribution >= 0.6 is 22.6 Å². The molecule has 1 aromatic carbocycles. The highest BCUT2D eigenvalue weighted by Crippen LogP contribution is 2.25. The van der Waals surface area contributed by atoms with Crippen molar-refractivity contribution in [2.75, 3.05) is 0 Å². The molecule has 4 heteroatoms. The third kappa shape index (κ3) is 3.05. The summed E-state index contributed by atoms with van der Waals surface area (Å²) < 4.78 is 0.668. The van der Waals surface area contributed by atoms with Crippen LogP contribution in [-0.2, 0) is 5.41 Å². The molecule has 2 aromatic rings. The molecule has 2 rings (SSSR count). The number of hydrogen-bond donors (Lipinski definition) is 1. The third-order valence-electron chi connectivity index (χ3n) is 2.90. The van der Waals surface area contributed by atoms with Gasteiger partial charge in [-0.2, -0.15) is 0 Å². The van der Waals surface area contributed by atoms with E-state index in [1.165, 1.54) is 5.56 Å². The first-order chi connectivity index (χ1) is 8.79. The predicted octanol–water partition coefficient (Wildman–Crippen LogP) is 3.65. The Morgan fingerprint density at radius 3 is 2.26 bits per heavy atom. The number of halogens is 1. The van der Waals surface area contributed by atoms with Gasteiger partial charge in [0.15, 0.2) is 0 Å². The van der Waals surface area contributed by atoms with Gasteiger partial charge < -0.3 is 4.98 Å². The minimum absolute atomic E-state index is 0.0731. The molecule has 0 saturated carbocycles. The summed E-state index contributed by atoms with van der Waals surface area (Å²) in [5.41, 5.74) is 2.74. The lowest BCUT2D eigenvalue weighted by molar-refractivity contribution is 0.562. The SMILES string of the molecule is Cc1ccc(-c2nc(C(C)(C)C)c(I)c(=O)[nH]2)cc1. The molecule has 0 saturated heterocycles. The van der Waals surface area contributed by atoms with E-state index >= 15 is 0 Å². The van der Waals surface area contributed by atoms with Crippen LogP contribution in [0, 0.1) is 10.5 Å². The van der Waals surface area contributed by atoms with Gasteiger partial charge in [0.25, 0.3) is 5.56 Å². The second-order valence-electron chi connectivity index (χ2n) is 5.69. The first-order valence-electron chi connectivity index (χ1n) is 6.16. The molecule has 19 heavy (non-hydrogen) atoms. The van der Waals surface area contributed by atoms with Crippen molar-refractivity contribution in [3.05, 3.63) is 49.4 Å². The second-order valence-corrected chi connectivity index (χ2v) is 6.77. The molecule has 0 aliphatic heterocycles. The van der Waals surface area contributed by atoms with Crippen LogP contribution < -0.4 is 5.56 Å². The molecular formula is C15H17IN2O. The molecule has 0 bridgehead atoms. The predicted molar refractivity (Wildman–Crippen MR) is 86.4 cm³/mol. The Morgan fingerprint density at radius 2 is 1.74 bits per heavy atom. The summed E-state index contributed by atoms with van der Waals surface area (Å²) in [7, 11) is 0. The lowest BCUT2D eigenvalue weighted by atomic mass is 9.92. The number of nitrogens with zero attached hydrogens (tertiary/aromatic N) is 1.